The van der Waals surface area contributed by atoms with Crippen LogP contribution in [0.15, 0.2) is 6.20 Å². The number of hydrogen-bond donors (Lipinski definition) is 1. The molecular weight excluding hydrogens is 200 g/mol. The van der Waals surface area contributed by atoms with Crippen LogP contribution < -0.4 is 10.6 Å². The van der Waals surface area contributed by atoms with Crippen molar-refractivity contribution in [1.82, 2.24) is 9.97 Å². The molecule has 0 unspecified atom stereocenters. The average molecular weight is 213 g/mol. The van der Waals surface area contributed by atoms with Crippen LogP contribution in [0.3, 0.4) is 0 Å². The minimum atomic E-state index is 0.247. The Morgan fingerprint density at radius 2 is 2.36 bits per heavy atom. The zero-order chi connectivity index (χ0) is 10.1. The summed E-state index contributed by atoms with van der Waals surface area (Å²) in [5.74, 6) is 1.53. The molecule has 2 N–H and O–H groups in total. The first-order valence-electron chi connectivity index (χ1n) is 4.66. The molecule has 1 saturated carbocycles. The Labute approximate surface area is 88.1 Å². The first-order chi connectivity index (χ1) is 6.66. The second-order valence-electron chi connectivity index (χ2n) is 3.74. The molecule has 0 radical (unpaired) electrons. The highest BCUT2D eigenvalue weighted by Gasteiger charge is 2.24. The number of aromatic nitrogens is 2. The van der Waals surface area contributed by atoms with Crippen molar-refractivity contribution in [3.8, 4) is 0 Å². The van der Waals surface area contributed by atoms with Gasteiger partial charge in [-0.3, -0.25) is 0 Å². The van der Waals surface area contributed by atoms with E-state index in [0.29, 0.717) is 5.69 Å². The Morgan fingerprint density at radius 3 is 3.00 bits per heavy atom. The van der Waals surface area contributed by atoms with E-state index in [1.165, 1.54) is 12.8 Å². The van der Waals surface area contributed by atoms with Crippen LogP contribution in [0.4, 0.5) is 11.5 Å². The van der Waals surface area contributed by atoms with E-state index in [0.717, 1.165) is 18.3 Å². The van der Waals surface area contributed by atoms with E-state index in [4.69, 9.17) is 17.3 Å². The molecule has 1 aromatic rings. The van der Waals surface area contributed by atoms with Crippen molar-refractivity contribution in [1.29, 1.82) is 0 Å². The molecule has 1 fully saturated rings. The van der Waals surface area contributed by atoms with Crippen LogP contribution in [-0.4, -0.2) is 23.6 Å². The number of nitrogens with zero attached hydrogens (tertiary/aromatic N) is 3. The highest BCUT2D eigenvalue weighted by molar-refractivity contribution is 6.28. The SMILES string of the molecule is CN(CC1CC1)c1nc(Cl)ncc1N. The lowest BCUT2D eigenvalue weighted by Crippen LogP contribution is -2.22. The molecule has 0 aromatic carbocycles. The maximum Gasteiger partial charge on any atom is 0.224 e. The van der Waals surface area contributed by atoms with Crippen molar-refractivity contribution < 1.29 is 0 Å². The molecule has 1 heterocycles. The fraction of sp³-hybridized carbons (Fsp3) is 0.556. The fourth-order valence-corrected chi connectivity index (χ4v) is 1.57. The first kappa shape index (κ1) is 9.52. The van der Waals surface area contributed by atoms with Gasteiger partial charge in [-0.2, -0.15) is 4.98 Å². The van der Waals surface area contributed by atoms with Gasteiger partial charge in [-0.15, -0.1) is 0 Å². The van der Waals surface area contributed by atoms with Crippen LogP contribution in [0.25, 0.3) is 0 Å². The molecule has 0 atom stereocenters. The van der Waals surface area contributed by atoms with Crippen molar-refractivity contribution in [3.63, 3.8) is 0 Å². The van der Waals surface area contributed by atoms with Crippen LogP contribution in [0.5, 0.6) is 0 Å². The van der Waals surface area contributed by atoms with E-state index in [9.17, 15) is 0 Å². The lowest BCUT2D eigenvalue weighted by atomic mass is 10.3. The topological polar surface area (TPSA) is 55.0 Å². The van der Waals surface area contributed by atoms with Crippen LogP contribution >= 0.6 is 11.6 Å². The van der Waals surface area contributed by atoms with Crippen LogP contribution in [0.2, 0.25) is 5.28 Å². The lowest BCUT2D eigenvalue weighted by Gasteiger charge is -2.19. The molecule has 1 aliphatic rings. The summed E-state index contributed by atoms with van der Waals surface area (Å²) in [4.78, 5) is 9.97. The largest absolute Gasteiger partial charge is 0.394 e. The van der Waals surface area contributed by atoms with E-state index < -0.39 is 0 Å². The third-order valence-corrected chi connectivity index (χ3v) is 2.54. The summed E-state index contributed by atoms with van der Waals surface area (Å²) in [6.45, 7) is 0.998. The summed E-state index contributed by atoms with van der Waals surface area (Å²) in [5.41, 5.74) is 6.34. The molecule has 14 heavy (non-hydrogen) atoms. The van der Waals surface area contributed by atoms with Crippen LogP contribution in [0.1, 0.15) is 12.8 Å². The fourth-order valence-electron chi connectivity index (χ4n) is 1.44. The highest BCUT2D eigenvalue weighted by Crippen LogP contribution is 2.31. The molecule has 76 valence electrons. The number of hydrogen-bond acceptors (Lipinski definition) is 4. The summed E-state index contributed by atoms with van der Waals surface area (Å²) in [5, 5.41) is 0.247. The van der Waals surface area contributed by atoms with Crippen LogP contribution in [-0.2, 0) is 0 Å². The summed E-state index contributed by atoms with van der Waals surface area (Å²) < 4.78 is 0. The zero-order valence-electron chi connectivity index (χ0n) is 8.07. The predicted octanol–water partition coefficient (Wildman–Crippen LogP) is 1.56. The van der Waals surface area contributed by atoms with Gasteiger partial charge in [0.05, 0.1) is 11.9 Å². The molecule has 0 spiro atoms. The molecule has 0 amide bonds. The molecular formula is C9H13ClN4. The number of anilines is 2. The Kier molecular flexibility index (Phi) is 2.46. The lowest BCUT2D eigenvalue weighted by molar-refractivity contribution is 0.777. The molecule has 4 nitrogen and oxygen atoms in total. The monoisotopic (exact) mass is 212 g/mol. The van der Waals surface area contributed by atoms with Gasteiger partial charge in [-0.25, -0.2) is 4.98 Å². The first-order valence-corrected chi connectivity index (χ1v) is 5.04. The molecule has 1 aromatic heterocycles. The standard InChI is InChI=1S/C9H13ClN4/c1-14(5-6-2-3-6)8-7(11)4-12-9(10)13-8/h4,6H,2-3,5,11H2,1H3. The van der Waals surface area contributed by atoms with Gasteiger partial charge in [0.15, 0.2) is 5.82 Å². The zero-order valence-corrected chi connectivity index (χ0v) is 8.83. The minimum absolute atomic E-state index is 0.247. The number of nitrogens with two attached hydrogens (primary N) is 1. The smallest absolute Gasteiger partial charge is 0.224 e. The number of nitrogen functional groups attached to an aromatic ring is 1. The van der Waals surface area contributed by atoms with Gasteiger partial charge in [0, 0.05) is 13.6 Å². The summed E-state index contributed by atoms with van der Waals surface area (Å²) in [7, 11) is 1.98. The van der Waals surface area contributed by atoms with Gasteiger partial charge >= 0.3 is 0 Å². The van der Waals surface area contributed by atoms with Gasteiger partial charge in [0.1, 0.15) is 0 Å². The normalized spacial score (nSPS) is 15.6. The van der Waals surface area contributed by atoms with E-state index in [1.54, 1.807) is 6.20 Å². The highest BCUT2D eigenvalue weighted by atomic mass is 35.5. The summed E-state index contributed by atoms with van der Waals surface area (Å²) >= 11 is 5.71. The van der Waals surface area contributed by atoms with Crippen molar-refractivity contribution in [2.45, 2.75) is 12.8 Å². The molecule has 0 bridgehead atoms. The average Bonchev–Trinajstić information content (AvgIpc) is 2.93. The van der Waals surface area contributed by atoms with Gasteiger partial charge < -0.3 is 10.6 Å². The third-order valence-electron chi connectivity index (χ3n) is 2.36. The van der Waals surface area contributed by atoms with Crippen molar-refractivity contribution >= 4 is 23.1 Å². The quantitative estimate of drug-likeness (QED) is 0.773. The molecule has 1 aliphatic carbocycles. The number of rotatable bonds is 3. The number of halogens is 1. The minimum Gasteiger partial charge on any atom is -0.394 e. The summed E-state index contributed by atoms with van der Waals surface area (Å²) in [6.07, 6.45) is 4.17. The maximum atomic E-state index is 5.76. The Balaban J connectivity index is 2.15. The van der Waals surface area contributed by atoms with E-state index in [-0.39, 0.29) is 5.28 Å². The van der Waals surface area contributed by atoms with Gasteiger partial charge in [-0.1, -0.05) is 0 Å². The molecule has 0 aliphatic heterocycles. The second-order valence-corrected chi connectivity index (χ2v) is 4.08. The van der Waals surface area contributed by atoms with Crippen molar-refractivity contribution in [2.75, 3.05) is 24.2 Å². The molecule has 2 rings (SSSR count). The van der Waals surface area contributed by atoms with Gasteiger partial charge in [0.25, 0.3) is 0 Å². The Bertz CT molecular complexity index is 338. The maximum absolute atomic E-state index is 5.76. The molecule has 0 saturated heterocycles. The van der Waals surface area contributed by atoms with Crippen LogP contribution in [0, 0.1) is 5.92 Å². The van der Waals surface area contributed by atoms with E-state index in [1.807, 2.05) is 11.9 Å². The van der Waals surface area contributed by atoms with Gasteiger partial charge in [-0.05, 0) is 30.4 Å². The Morgan fingerprint density at radius 1 is 1.64 bits per heavy atom. The third kappa shape index (κ3) is 2.07. The summed E-state index contributed by atoms with van der Waals surface area (Å²) in [6, 6.07) is 0. The molecule has 5 heteroatoms. The van der Waals surface area contributed by atoms with Crippen molar-refractivity contribution in [3.05, 3.63) is 11.5 Å². The van der Waals surface area contributed by atoms with E-state index in [2.05, 4.69) is 9.97 Å². The van der Waals surface area contributed by atoms with Crippen molar-refractivity contribution in [2.24, 2.45) is 5.92 Å². The Hall–Kier alpha value is -1.03. The van der Waals surface area contributed by atoms with Gasteiger partial charge in [0.2, 0.25) is 5.28 Å². The van der Waals surface area contributed by atoms with E-state index >= 15 is 0 Å². The predicted molar refractivity (Wildman–Crippen MR) is 57.4 cm³/mol. The second kappa shape index (κ2) is 3.61.